The lowest BCUT2D eigenvalue weighted by Gasteiger charge is -2.32. The van der Waals surface area contributed by atoms with Crippen LogP contribution in [0, 0.1) is 0 Å². The van der Waals surface area contributed by atoms with Crippen molar-refractivity contribution in [3.63, 3.8) is 0 Å². The maximum atomic E-state index is 12.7. The molecule has 7 nitrogen and oxygen atoms in total. The number of fused-ring (bicyclic) bond motifs is 1. The van der Waals surface area contributed by atoms with Crippen LogP contribution < -0.4 is 10.2 Å². The second-order valence-electron chi connectivity index (χ2n) is 6.70. The number of ether oxygens (including phenoxy) is 1. The number of anilines is 2. The summed E-state index contributed by atoms with van der Waals surface area (Å²) in [6.07, 6.45) is 2.52. The van der Waals surface area contributed by atoms with Crippen LogP contribution in [0.1, 0.15) is 35.9 Å². The molecule has 1 amide bonds. The normalized spacial score (nSPS) is 20.5. The van der Waals surface area contributed by atoms with E-state index in [-0.39, 0.29) is 16.9 Å². The summed E-state index contributed by atoms with van der Waals surface area (Å²) in [4.78, 5) is 14.9. The minimum absolute atomic E-state index is 0.0589. The van der Waals surface area contributed by atoms with E-state index < -0.39 is 10.0 Å². The Morgan fingerprint density at radius 3 is 2.93 bits per heavy atom. The highest BCUT2D eigenvalue weighted by atomic mass is 32.2. The van der Waals surface area contributed by atoms with Crippen LogP contribution in [0.4, 0.5) is 11.4 Å². The van der Waals surface area contributed by atoms with E-state index >= 15 is 0 Å². The van der Waals surface area contributed by atoms with Crippen molar-refractivity contribution in [2.45, 2.75) is 37.2 Å². The average Bonchev–Trinajstić information content (AvgIpc) is 3.38. The van der Waals surface area contributed by atoms with Crippen LogP contribution in [0.15, 0.2) is 45.0 Å². The second-order valence-corrected chi connectivity index (χ2v) is 9.22. The number of hydrogen-bond acceptors (Lipinski definition) is 6. The number of thiophene rings is 1. The van der Waals surface area contributed by atoms with Gasteiger partial charge in [0.2, 0.25) is 0 Å². The zero-order chi connectivity index (χ0) is 19.7. The lowest BCUT2D eigenvalue weighted by atomic mass is 10.2. The molecule has 1 N–H and O–H groups in total. The van der Waals surface area contributed by atoms with Gasteiger partial charge in [0.1, 0.15) is 10.7 Å². The number of carbonyl (C=O) groups excluding carboxylic acids is 1. The molecule has 0 aliphatic carbocycles. The zero-order valence-electron chi connectivity index (χ0n) is 15.4. The highest BCUT2D eigenvalue weighted by Crippen LogP contribution is 2.35. The van der Waals surface area contributed by atoms with E-state index in [1.807, 2.05) is 17.2 Å². The molecule has 28 heavy (non-hydrogen) atoms. The fraction of sp³-hybridized carbons (Fsp3) is 0.368. The van der Waals surface area contributed by atoms with E-state index in [1.54, 1.807) is 24.3 Å². The van der Waals surface area contributed by atoms with Crippen molar-refractivity contribution in [3.05, 3.63) is 40.6 Å². The molecule has 9 heteroatoms. The van der Waals surface area contributed by atoms with Crippen LogP contribution in [0.3, 0.4) is 0 Å². The van der Waals surface area contributed by atoms with E-state index in [4.69, 9.17) is 4.74 Å². The van der Waals surface area contributed by atoms with Crippen LogP contribution in [0.25, 0.3) is 0 Å². The molecular formula is C19H21N3O4S2. The fourth-order valence-electron chi connectivity index (χ4n) is 3.45. The summed E-state index contributed by atoms with van der Waals surface area (Å²) in [5.74, 6) is 0.246. The monoisotopic (exact) mass is 419 g/mol. The predicted molar refractivity (Wildman–Crippen MR) is 110 cm³/mol. The first-order valence-electron chi connectivity index (χ1n) is 9.20. The molecule has 2 aromatic rings. The third-order valence-corrected chi connectivity index (χ3v) is 7.00. The van der Waals surface area contributed by atoms with Gasteiger partial charge in [-0.05, 0) is 42.5 Å². The van der Waals surface area contributed by atoms with E-state index in [1.165, 1.54) is 17.4 Å². The Morgan fingerprint density at radius 2 is 2.25 bits per heavy atom. The van der Waals surface area contributed by atoms with Crippen LogP contribution in [-0.2, 0) is 14.8 Å². The van der Waals surface area contributed by atoms with Crippen LogP contribution in [0.2, 0.25) is 0 Å². The van der Waals surface area contributed by atoms with Gasteiger partial charge in [0.25, 0.3) is 15.9 Å². The van der Waals surface area contributed by atoms with E-state index in [9.17, 15) is 13.2 Å². The van der Waals surface area contributed by atoms with Crippen LogP contribution >= 0.6 is 11.3 Å². The van der Waals surface area contributed by atoms with Gasteiger partial charge in [-0.2, -0.15) is 8.42 Å². The SMILES string of the molecule is CCC1=NS(=O)(=O)c2cc(NC(=O)c3cccs3)ccc2N1C[C@H]1CCCO1. The van der Waals surface area contributed by atoms with Crippen molar-refractivity contribution in [1.29, 1.82) is 0 Å². The van der Waals surface area contributed by atoms with Crippen molar-refractivity contribution in [2.75, 3.05) is 23.4 Å². The van der Waals surface area contributed by atoms with Gasteiger partial charge in [-0.25, -0.2) is 0 Å². The summed E-state index contributed by atoms with van der Waals surface area (Å²) in [6, 6.07) is 8.45. The van der Waals surface area contributed by atoms with Gasteiger partial charge in [-0.15, -0.1) is 15.7 Å². The molecule has 0 bridgehead atoms. The number of amides is 1. The summed E-state index contributed by atoms with van der Waals surface area (Å²) >= 11 is 1.33. The van der Waals surface area contributed by atoms with Crippen molar-refractivity contribution in [2.24, 2.45) is 4.40 Å². The first-order chi connectivity index (χ1) is 13.5. The van der Waals surface area contributed by atoms with Crippen molar-refractivity contribution < 1.29 is 17.9 Å². The summed E-state index contributed by atoms with van der Waals surface area (Å²) in [6.45, 7) is 3.18. The lowest BCUT2D eigenvalue weighted by Crippen LogP contribution is -2.40. The summed E-state index contributed by atoms with van der Waals surface area (Å²) in [7, 11) is -3.83. The number of benzene rings is 1. The largest absolute Gasteiger partial charge is 0.376 e. The quantitative estimate of drug-likeness (QED) is 0.801. The Kier molecular flexibility index (Phi) is 5.22. The average molecular weight is 420 g/mol. The number of sulfonamides is 1. The highest BCUT2D eigenvalue weighted by Gasteiger charge is 2.32. The maximum Gasteiger partial charge on any atom is 0.286 e. The Balaban J connectivity index is 1.67. The molecule has 0 radical (unpaired) electrons. The molecule has 4 rings (SSSR count). The van der Waals surface area contributed by atoms with E-state index in [2.05, 4.69) is 9.71 Å². The van der Waals surface area contributed by atoms with Gasteiger partial charge in [-0.3, -0.25) is 4.79 Å². The predicted octanol–water partition coefficient (Wildman–Crippen LogP) is 3.50. The van der Waals surface area contributed by atoms with Crippen molar-refractivity contribution in [1.82, 2.24) is 0 Å². The molecule has 1 aromatic carbocycles. The van der Waals surface area contributed by atoms with Crippen LogP contribution in [0.5, 0.6) is 0 Å². The number of nitrogens with one attached hydrogen (secondary N) is 1. The first-order valence-corrected chi connectivity index (χ1v) is 11.5. The number of hydrogen-bond donors (Lipinski definition) is 1. The third kappa shape index (κ3) is 3.69. The number of nitrogens with zero attached hydrogens (tertiary/aromatic N) is 2. The highest BCUT2D eigenvalue weighted by molar-refractivity contribution is 7.90. The molecule has 1 aromatic heterocycles. The van der Waals surface area contributed by atoms with E-state index in [0.717, 1.165) is 19.4 Å². The van der Waals surface area contributed by atoms with Crippen molar-refractivity contribution in [3.8, 4) is 0 Å². The molecule has 0 saturated carbocycles. The molecule has 2 aliphatic heterocycles. The minimum atomic E-state index is -3.83. The van der Waals surface area contributed by atoms with Gasteiger partial charge in [0, 0.05) is 18.7 Å². The minimum Gasteiger partial charge on any atom is -0.376 e. The fourth-order valence-corrected chi connectivity index (χ4v) is 5.39. The molecule has 148 valence electrons. The lowest BCUT2D eigenvalue weighted by molar-refractivity contribution is 0.103. The number of rotatable bonds is 5. The molecule has 3 heterocycles. The molecule has 0 unspecified atom stereocenters. The Bertz CT molecular complexity index is 1010. The van der Waals surface area contributed by atoms with E-state index in [0.29, 0.717) is 35.1 Å². The molecule has 0 spiro atoms. The third-order valence-electron chi connectivity index (χ3n) is 4.79. The number of carbonyl (C=O) groups is 1. The topological polar surface area (TPSA) is 88.1 Å². The molecular weight excluding hydrogens is 398 g/mol. The summed E-state index contributed by atoms with van der Waals surface area (Å²) < 4.78 is 35.2. The Hall–Kier alpha value is -2.23. The second kappa shape index (κ2) is 7.65. The van der Waals surface area contributed by atoms with Crippen LogP contribution in [-0.4, -0.2) is 39.4 Å². The summed E-state index contributed by atoms with van der Waals surface area (Å²) in [5, 5.41) is 4.58. The maximum absolute atomic E-state index is 12.7. The van der Waals surface area contributed by atoms with Gasteiger partial charge >= 0.3 is 0 Å². The Labute approximate surface area is 168 Å². The van der Waals surface area contributed by atoms with Crippen molar-refractivity contribution >= 4 is 44.5 Å². The van der Waals surface area contributed by atoms with Gasteiger partial charge in [0.05, 0.1) is 23.2 Å². The standard InChI is InChI=1S/C19H21N3O4S2/c1-2-18-21-28(24,25)17-11-13(20-19(23)16-6-4-10-27-16)7-8-15(17)22(18)12-14-5-3-9-26-14/h4,6-8,10-11,14H,2-3,5,9,12H2,1H3,(H,20,23)/t14-/m1/s1. The summed E-state index contributed by atoms with van der Waals surface area (Å²) in [5.41, 5.74) is 1.00. The molecule has 1 saturated heterocycles. The molecule has 2 aliphatic rings. The van der Waals surface area contributed by atoms with Gasteiger partial charge < -0.3 is 15.0 Å². The van der Waals surface area contributed by atoms with Gasteiger partial charge in [-0.1, -0.05) is 13.0 Å². The smallest absolute Gasteiger partial charge is 0.286 e. The zero-order valence-corrected chi connectivity index (χ0v) is 17.1. The number of amidine groups is 1. The van der Waals surface area contributed by atoms with Gasteiger partial charge in [0.15, 0.2) is 0 Å². The molecule has 1 atom stereocenters. The molecule has 1 fully saturated rings. The first kappa shape index (κ1) is 19.1. The Morgan fingerprint density at radius 1 is 1.39 bits per heavy atom.